The number of sulfonamides is 1. The smallest absolute Gasteiger partial charge is 0.250 e. The van der Waals surface area contributed by atoms with Crippen LogP contribution in [0.2, 0.25) is 0 Å². The lowest BCUT2D eigenvalue weighted by Gasteiger charge is -2.03. The average molecular weight is 328 g/mol. The Balaban J connectivity index is 2.04. The molecular formula is C13H20N4O2S2. The number of rotatable bonds is 8. The summed E-state index contributed by atoms with van der Waals surface area (Å²) in [4.78, 5) is 1.06. The van der Waals surface area contributed by atoms with Crippen molar-refractivity contribution < 1.29 is 8.42 Å². The van der Waals surface area contributed by atoms with Crippen LogP contribution < -0.4 is 10.0 Å². The van der Waals surface area contributed by atoms with Crippen LogP contribution in [0.3, 0.4) is 0 Å². The molecule has 0 radical (unpaired) electrons. The highest BCUT2D eigenvalue weighted by Gasteiger charge is 2.18. The molecule has 0 atom stereocenters. The molecule has 0 aliphatic rings. The Hall–Kier alpha value is -1.22. The van der Waals surface area contributed by atoms with E-state index in [1.807, 2.05) is 6.92 Å². The minimum Gasteiger partial charge on any atom is -0.312 e. The van der Waals surface area contributed by atoms with E-state index in [9.17, 15) is 8.42 Å². The summed E-state index contributed by atoms with van der Waals surface area (Å²) in [6.45, 7) is 5.91. The second-order valence-corrected chi connectivity index (χ2v) is 7.91. The summed E-state index contributed by atoms with van der Waals surface area (Å²) in [6, 6.07) is 1.73. The minimum atomic E-state index is -3.47. The Morgan fingerprint density at radius 1 is 1.38 bits per heavy atom. The largest absolute Gasteiger partial charge is 0.312 e. The van der Waals surface area contributed by atoms with Gasteiger partial charge in [-0.1, -0.05) is 6.92 Å². The monoisotopic (exact) mass is 328 g/mol. The topological polar surface area (TPSA) is 86.9 Å². The molecule has 2 aromatic heterocycles. The first-order valence-electron chi connectivity index (χ1n) is 6.80. The van der Waals surface area contributed by atoms with Gasteiger partial charge in [0.25, 0.3) is 0 Å². The molecule has 0 aromatic carbocycles. The van der Waals surface area contributed by atoms with Gasteiger partial charge in [-0.2, -0.15) is 5.10 Å². The molecule has 0 saturated heterocycles. The van der Waals surface area contributed by atoms with Gasteiger partial charge >= 0.3 is 0 Å². The van der Waals surface area contributed by atoms with Crippen molar-refractivity contribution in [2.75, 3.05) is 6.54 Å². The number of hydrogen-bond acceptors (Lipinski definition) is 5. The van der Waals surface area contributed by atoms with Crippen molar-refractivity contribution in [1.29, 1.82) is 0 Å². The minimum absolute atomic E-state index is 0.235. The molecule has 3 N–H and O–H groups in total. The molecule has 2 aromatic rings. The summed E-state index contributed by atoms with van der Waals surface area (Å²) in [5.41, 5.74) is 1.81. The van der Waals surface area contributed by atoms with Gasteiger partial charge in [-0.15, -0.1) is 11.3 Å². The van der Waals surface area contributed by atoms with Gasteiger partial charge < -0.3 is 5.32 Å². The molecule has 0 aliphatic heterocycles. The predicted octanol–water partition coefficient (Wildman–Crippen LogP) is 1.76. The van der Waals surface area contributed by atoms with Crippen molar-refractivity contribution in [3.63, 3.8) is 0 Å². The van der Waals surface area contributed by atoms with E-state index in [1.54, 1.807) is 18.5 Å². The molecule has 116 valence electrons. The molecule has 0 aliphatic carbocycles. The summed E-state index contributed by atoms with van der Waals surface area (Å²) in [7, 11) is -3.47. The zero-order valence-corrected chi connectivity index (χ0v) is 13.8. The van der Waals surface area contributed by atoms with E-state index in [4.69, 9.17) is 0 Å². The molecule has 2 heterocycles. The third kappa shape index (κ3) is 4.37. The van der Waals surface area contributed by atoms with Crippen LogP contribution >= 0.6 is 11.3 Å². The Morgan fingerprint density at radius 3 is 2.86 bits per heavy atom. The fourth-order valence-electron chi connectivity index (χ4n) is 1.80. The van der Waals surface area contributed by atoms with Gasteiger partial charge in [0.05, 0.1) is 6.20 Å². The van der Waals surface area contributed by atoms with E-state index in [2.05, 4.69) is 27.2 Å². The maximum absolute atomic E-state index is 12.3. The van der Waals surface area contributed by atoms with E-state index < -0.39 is 10.0 Å². The summed E-state index contributed by atoms with van der Waals surface area (Å²) in [6.07, 6.45) is 4.33. The Labute approximate surface area is 129 Å². The molecule has 0 fully saturated rings. The van der Waals surface area contributed by atoms with Crippen LogP contribution in [-0.2, 0) is 23.1 Å². The fourth-order valence-corrected chi connectivity index (χ4v) is 4.42. The molecule has 8 heteroatoms. The third-order valence-corrected chi connectivity index (χ3v) is 6.11. The summed E-state index contributed by atoms with van der Waals surface area (Å²) in [5, 5.41) is 9.74. The number of aromatic amines is 1. The SMILES string of the molecule is CCCNCc1sc(S(=O)(=O)NCc2cn[nH]c2)cc1C. The van der Waals surface area contributed by atoms with Crippen LogP contribution in [0.4, 0.5) is 0 Å². The quantitative estimate of drug-likeness (QED) is 0.644. The number of aryl methyl sites for hydroxylation is 1. The van der Waals surface area contributed by atoms with Crippen LogP contribution in [0.25, 0.3) is 0 Å². The molecule has 0 unspecified atom stereocenters. The van der Waals surface area contributed by atoms with Gasteiger partial charge in [0.2, 0.25) is 10.0 Å². The summed E-state index contributed by atoms with van der Waals surface area (Å²) < 4.78 is 27.5. The van der Waals surface area contributed by atoms with Crippen LogP contribution in [0, 0.1) is 6.92 Å². The van der Waals surface area contributed by atoms with Crippen molar-refractivity contribution in [3.8, 4) is 0 Å². The van der Waals surface area contributed by atoms with Crippen molar-refractivity contribution in [2.45, 2.75) is 37.6 Å². The second kappa shape index (κ2) is 7.17. The Kier molecular flexibility index (Phi) is 5.51. The number of nitrogens with zero attached hydrogens (tertiary/aromatic N) is 1. The highest BCUT2D eigenvalue weighted by molar-refractivity contribution is 7.91. The third-order valence-electron chi connectivity index (χ3n) is 3.00. The lowest BCUT2D eigenvalue weighted by atomic mass is 10.3. The number of thiophene rings is 1. The molecule has 0 amide bonds. The van der Waals surface area contributed by atoms with Gasteiger partial charge in [-0.05, 0) is 31.5 Å². The van der Waals surface area contributed by atoms with Crippen LogP contribution in [0.5, 0.6) is 0 Å². The van der Waals surface area contributed by atoms with E-state index in [0.29, 0.717) is 10.8 Å². The predicted molar refractivity (Wildman–Crippen MR) is 83.7 cm³/mol. The molecule has 0 bridgehead atoms. The number of aromatic nitrogens is 2. The fraction of sp³-hybridized carbons (Fsp3) is 0.462. The number of H-pyrrole nitrogens is 1. The van der Waals surface area contributed by atoms with E-state index >= 15 is 0 Å². The van der Waals surface area contributed by atoms with Gasteiger partial charge in [0.1, 0.15) is 4.21 Å². The number of nitrogens with one attached hydrogen (secondary N) is 3. The summed E-state index contributed by atoms with van der Waals surface area (Å²) >= 11 is 1.32. The van der Waals surface area contributed by atoms with E-state index in [0.717, 1.165) is 29.0 Å². The van der Waals surface area contributed by atoms with Crippen LogP contribution in [-0.4, -0.2) is 25.2 Å². The van der Waals surface area contributed by atoms with Crippen molar-refractivity contribution in [1.82, 2.24) is 20.2 Å². The molecule has 0 saturated carbocycles. The van der Waals surface area contributed by atoms with Gasteiger partial charge in [-0.3, -0.25) is 5.10 Å². The number of hydrogen-bond donors (Lipinski definition) is 3. The van der Waals surface area contributed by atoms with Crippen LogP contribution in [0.15, 0.2) is 22.7 Å². The van der Waals surface area contributed by atoms with Crippen molar-refractivity contribution >= 4 is 21.4 Å². The normalized spacial score (nSPS) is 11.9. The van der Waals surface area contributed by atoms with Crippen LogP contribution in [0.1, 0.15) is 29.3 Å². The summed E-state index contributed by atoms with van der Waals surface area (Å²) in [5.74, 6) is 0. The second-order valence-electron chi connectivity index (χ2n) is 4.78. The first-order valence-corrected chi connectivity index (χ1v) is 9.10. The molecule has 0 spiro atoms. The van der Waals surface area contributed by atoms with E-state index in [1.165, 1.54) is 11.3 Å². The zero-order chi connectivity index (χ0) is 15.3. The molecule has 2 rings (SSSR count). The molecule has 21 heavy (non-hydrogen) atoms. The lowest BCUT2D eigenvalue weighted by molar-refractivity contribution is 0.583. The molecule has 6 nitrogen and oxygen atoms in total. The maximum Gasteiger partial charge on any atom is 0.250 e. The zero-order valence-electron chi connectivity index (χ0n) is 12.1. The van der Waals surface area contributed by atoms with Gasteiger partial charge in [0.15, 0.2) is 0 Å². The maximum atomic E-state index is 12.3. The average Bonchev–Trinajstić information content (AvgIpc) is 3.07. The molecular weight excluding hydrogens is 308 g/mol. The highest BCUT2D eigenvalue weighted by atomic mass is 32.2. The standard InChI is InChI=1S/C13H20N4O2S2/c1-3-4-14-9-12-10(2)5-13(20-12)21(18,19)17-8-11-6-15-16-7-11/h5-7,14,17H,3-4,8-9H2,1-2H3,(H,15,16). The van der Waals surface area contributed by atoms with Crippen molar-refractivity contribution in [3.05, 3.63) is 34.5 Å². The first-order chi connectivity index (χ1) is 10.0. The Morgan fingerprint density at radius 2 is 2.19 bits per heavy atom. The Bertz CT molecular complexity index is 662. The van der Waals surface area contributed by atoms with Gasteiger partial charge in [-0.25, -0.2) is 13.1 Å². The van der Waals surface area contributed by atoms with Gasteiger partial charge in [0, 0.05) is 29.7 Å². The lowest BCUT2D eigenvalue weighted by Crippen LogP contribution is -2.22. The highest BCUT2D eigenvalue weighted by Crippen LogP contribution is 2.26. The first kappa shape index (κ1) is 16.2. The van der Waals surface area contributed by atoms with Crippen molar-refractivity contribution in [2.24, 2.45) is 0 Å². The van der Waals surface area contributed by atoms with E-state index in [-0.39, 0.29) is 6.54 Å².